The van der Waals surface area contributed by atoms with Gasteiger partial charge in [-0.15, -0.1) is 0 Å². The highest BCUT2D eigenvalue weighted by Gasteiger charge is 2.24. The van der Waals surface area contributed by atoms with Gasteiger partial charge in [-0.25, -0.2) is 13.2 Å². The molecule has 0 saturated heterocycles. The molecule has 0 bridgehead atoms. The maximum absolute atomic E-state index is 12.1. The van der Waals surface area contributed by atoms with Gasteiger partial charge in [-0.05, 0) is 54.7 Å². The Bertz CT molecular complexity index is 1110. The number of nitro benzene ring substituents is 1. The number of hydrogen-bond donors (Lipinski definition) is 1. The first-order valence-corrected chi connectivity index (χ1v) is 10.6. The van der Waals surface area contributed by atoms with Crippen LogP contribution in [0.1, 0.15) is 27.9 Å². The molecule has 0 aliphatic heterocycles. The molecule has 2 aromatic rings. The highest BCUT2D eigenvalue weighted by atomic mass is 32.2. The number of rotatable bonds is 6. The summed E-state index contributed by atoms with van der Waals surface area (Å²) in [4.78, 5) is 33.9. The van der Waals surface area contributed by atoms with E-state index in [1.54, 1.807) is 6.07 Å². The van der Waals surface area contributed by atoms with Crippen molar-refractivity contribution in [2.45, 2.75) is 24.2 Å². The van der Waals surface area contributed by atoms with Crippen LogP contribution in [-0.2, 0) is 32.2 Å². The zero-order valence-corrected chi connectivity index (χ0v) is 16.3. The van der Waals surface area contributed by atoms with Crippen molar-refractivity contribution >= 4 is 33.1 Å². The number of anilines is 1. The summed E-state index contributed by atoms with van der Waals surface area (Å²) in [6, 6.07) is 8.49. The number of ether oxygens (including phenoxy) is 1. The van der Waals surface area contributed by atoms with Gasteiger partial charge in [0, 0.05) is 18.0 Å². The number of nitrogens with zero attached hydrogens (tertiary/aromatic N) is 1. The van der Waals surface area contributed by atoms with Crippen LogP contribution in [0, 0.1) is 10.1 Å². The molecule has 0 radical (unpaired) electrons. The lowest BCUT2D eigenvalue weighted by Gasteiger charge is -2.09. The van der Waals surface area contributed by atoms with Crippen molar-refractivity contribution in [1.29, 1.82) is 0 Å². The normalized spacial score (nSPS) is 12.9. The first kappa shape index (κ1) is 20.5. The van der Waals surface area contributed by atoms with Gasteiger partial charge >= 0.3 is 5.97 Å². The third-order valence-electron chi connectivity index (χ3n) is 4.51. The summed E-state index contributed by atoms with van der Waals surface area (Å²) in [5.74, 6) is -1.53. The summed E-state index contributed by atoms with van der Waals surface area (Å²) in [5, 5.41) is 13.8. The van der Waals surface area contributed by atoms with Gasteiger partial charge in [0.05, 0.1) is 10.5 Å². The third-order valence-corrected chi connectivity index (χ3v) is 5.65. The van der Waals surface area contributed by atoms with Crippen LogP contribution >= 0.6 is 0 Å². The number of sulfone groups is 1. The average Bonchev–Trinajstić information content (AvgIpc) is 3.12. The van der Waals surface area contributed by atoms with E-state index in [4.69, 9.17) is 4.74 Å². The topological polar surface area (TPSA) is 133 Å². The molecule has 0 spiro atoms. The molecule has 0 heterocycles. The van der Waals surface area contributed by atoms with Crippen molar-refractivity contribution in [1.82, 2.24) is 0 Å². The van der Waals surface area contributed by atoms with Gasteiger partial charge in [0.25, 0.3) is 11.6 Å². The lowest BCUT2D eigenvalue weighted by molar-refractivity contribution is -0.387. The Morgan fingerprint density at radius 1 is 1.14 bits per heavy atom. The Labute approximate surface area is 166 Å². The van der Waals surface area contributed by atoms with E-state index in [2.05, 4.69) is 5.32 Å². The number of nitro groups is 1. The molecule has 10 heteroatoms. The van der Waals surface area contributed by atoms with Gasteiger partial charge in [0.2, 0.25) is 0 Å². The Morgan fingerprint density at radius 3 is 2.55 bits per heavy atom. The molecule has 0 saturated carbocycles. The van der Waals surface area contributed by atoms with E-state index >= 15 is 0 Å². The van der Waals surface area contributed by atoms with Crippen LogP contribution in [0.5, 0.6) is 0 Å². The molecule has 1 aliphatic carbocycles. The highest BCUT2D eigenvalue weighted by molar-refractivity contribution is 7.90. The van der Waals surface area contributed by atoms with Crippen LogP contribution in [0.15, 0.2) is 41.3 Å². The molecule has 0 unspecified atom stereocenters. The Kier molecular flexibility index (Phi) is 5.64. The summed E-state index contributed by atoms with van der Waals surface area (Å²) < 4.78 is 28.1. The molecule has 0 fully saturated rings. The Balaban J connectivity index is 1.65. The molecule has 0 aromatic heterocycles. The van der Waals surface area contributed by atoms with Crippen LogP contribution in [0.25, 0.3) is 0 Å². The average molecular weight is 418 g/mol. The third kappa shape index (κ3) is 4.77. The molecular formula is C19H18N2O7S. The molecule has 3 rings (SSSR count). The summed E-state index contributed by atoms with van der Waals surface area (Å²) in [5.41, 5.74) is 2.07. The Morgan fingerprint density at radius 2 is 1.86 bits per heavy atom. The predicted molar refractivity (Wildman–Crippen MR) is 104 cm³/mol. The number of amides is 1. The van der Waals surface area contributed by atoms with Crippen molar-refractivity contribution in [3.05, 3.63) is 63.2 Å². The summed E-state index contributed by atoms with van der Waals surface area (Å²) >= 11 is 0. The number of nitrogens with one attached hydrogen (secondary N) is 1. The van der Waals surface area contributed by atoms with Crippen molar-refractivity contribution in [3.8, 4) is 0 Å². The second kappa shape index (κ2) is 8.00. The van der Waals surface area contributed by atoms with Crippen molar-refractivity contribution in [2.24, 2.45) is 0 Å². The fourth-order valence-electron chi connectivity index (χ4n) is 3.16. The highest BCUT2D eigenvalue weighted by Crippen LogP contribution is 2.26. The fourth-order valence-corrected chi connectivity index (χ4v) is 3.99. The van der Waals surface area contributed by atoms with Gasteiger partial charge in [-0.1, -0.05) is 6.07 Å². The standard InChI is InChI=1S/C19H18N2O7S/c1-29(26,27)17-8-6-14(10-16(17)21(24)25)19(23)28-11-18(22)20-15-7-5-12-3-2-4-13(12)9-15/h5-10H,2-4,11H2,1H3,(H,20,22). The summed E-state index contributed by atoms with van der Waals surface area (Å²) in [6.45, 7) is -0.586. The quantitative estimate of drug-likeness (QED) is 0.432. The molecular weight excluding hydrogens is 400 g/mol. The van der Waals surface area contributed by atoms with E-state index in [1.165, 1.54) is 11.1 Å². The lowest BCUT2D eigenvalue weighted by Crippen LogP contribution is -2.21. The smallest absolute Gasteiger partial charge is 0.338 e. The molecule has 29 heavy (non-hydrogen) atoms. The zero-order chi connectivity index (χ0) is 21.2. The number of fused-ring (bicyclic) bond motifs is 1. The van der Waals surface area contributed by atoms with Gasteiger partial charge in [0.15, 0.2) is 16.4 Å². The van der Waals surface area contributed by atoms with Crippen LogP contribution in [-0.4, -0.2) is 38.1 Å². The number of hydrogen-bond acceptors (Lipinski definition) is 7. The minimum absolute atomic E-state index is 0.227. The first-order chi connectivity index (χ1) is 13.6. The molecule has 0 atom stereocenters. The second-order valence-electron chi connectivity index (χ2n) is 6.67. The first-order valence-electron chi connectivity index (χ1n) is 8.72. The van der Waals surface area contributed by atoms with Crippen LogP contribution in [0.2, 0.25) is 0 Å². The summed E-state index contributed by atoms with van der Waals surface area (Å²) in [6.07, 6.45) is 3.88. The summed E-state index contributed by atoms with van der Waals surface area (Å²) in [7, 11) is -3.84. The van der Waals surface area contributed by atoms with Gasteiger partial charge < -0.3 is 10.1 Å². The van der Waals surface area contributed by atoms with Crippen molar-refractivity contribution < 1.29 is 27.7 Å². The van der Waals surface area contributed by atoms with Gasteiger partial charge in [-0.3, -0.25) is 14.9 Å². The molecule has 2 aromatic carbocycles. The van der Waals surface area contributed by atoms with Crippen LogP contribution in [0.3, 0.4) is 0 Å². The molecule has 152 valence electrons. The molecule has 1 aliphatic rings. The SMILES string of the molecule is CS(=O)(=O)c1ccc(C(=O)OCC(=O)Nc2ccc3c(c2)CCC3)cc1[N+](=O)[O-]. The van der Waals surface area contributed by atoms with Crippen LogP contribution < -0.4 is 5.32 Å². The number of esters is 1. The van der Waals surface area contributed by atoms with Crippen molar-refractivity contribution in [3.63, 3.8) is 0 Å². The van der Waals surface area contributed by atoms with E-state index in [1.807, 2.05) is 12.1 Å². The van der Waals surface area contributed by atoms with Crippen LogP contribution in [0.4, 0.5) is 11.4 Å². The lowest BCUT2D eigenvalue weighted by atomic mass is 10.1. The molecule has 1 amide bonds. The van der Waals surface area contributed by atoms with Gasteiger partial charge in [-0.2, -0.15) is 0 Å². The van der Waals surface area contributed by atoms with Crippen molar-refractivity contribution in [2.75, 3.05) is 18.2 Å². The fraction of sp³-hybridized carbons (Fsp3) is 0.263. The maximum atomic E-state index is 12.1. The Hall–Kier alpha value is -3.27. The minimum atomic E-state index is -3.84. The van der Waals surface area contributed by atoms with E-state index < -0.39 is 43.8 Å². The van der Waals surface area contributed by atoms with E-state index in [0.717, 1.165) is 43.7 Å². The largest absolute Gasteiger partial charge is 0.452 e. The van der Waals surface area contributed by atoms with E-state index in [-0.39, 0.29) is 5.56 Å². The zero-order valence-electron chi connectivity index (χ0n) is 15.5. The number of aryl methyl sites for hydroxylation is 2. The van der Waals surface area contributed by atoms with Gasteiger partial charge in [0.1, 0.15) is 4.90 Å². The monoisotopic (exact) mass is 418 g/mol. The molecule has 9 nitrogen and oxygen atoms in total. The number of carbonyl (C=O) groups is 2. The van der Waals surface area contributed by atoms with E-state index in [0.29, 0.717) is 5.69 Å². The van der Waals surface area contributed by atoms with E-state index in [9.17, 15) is 28.1 Å². The second-order valence-corrected chi connectivity index (χ2v) is 8.66. The minimum Gasteiger partial charge on any atom is -0.452 e. The molecule has 1 N–H and O–H groups in total. The number of carbonyl (C=O) groups excluding carboxylic acids is 2. The predicted octanol–water partition coefficient (Wildman–Crippen LogP) is 2.28. The number of benzene rings is 2. The maximum Gasteiger partial charge on any atom is 0.338 e.